The van der Waals surface area contributed by atoms with Crippen molar-refractivity contribution >= 4 is 5.82 Å². The maximum absolute atomic E-state index is 5.54. The van der Waals surface area contributed by atoms with Gasteiger partial charge in [-0.1, -0.05) is 11.2 Å². The van der Waals surface area contributed by atoms with E-state index in [1.165, 1.54) is 5.56 Å². The van der Waals surface area contributed by atoms with Crippen LogP contribution in [0.5, 0.6) is 0 Å². The summed E-state index contributed by atoms with van der Waals surface area (Å²) in [6, 6.07) is 8.01. The molecule has 0 amide bonds. The van der Waals surface area contributed by atoms with Crippen molar-refractivity contribution in [3.8, 4) is 22.8 Å². The van der Waals surface area contributed by atoms with Gasteiger partial charge in [0.05, 0.1) is 6.04 Å². The summed E-state index contributed by atoms with van der Waals surface area (Å²) in [6.07, 6.45) is 12.5. The van der Waals surface area contributed by atoms with Crippen LogP contribution in [0.4, 0.5) is 5.82 Å². The van der Waals surface area contributed by atoms with Crippen LogP contribution < -0.4 is 4.90 Å². The van der Waals surface area contributed by atoms with E-state index in [9.17, 15) is 0 Å². The number of anilines is 1. The molecule has 28 heavy (non-hydrogen) atoms. The van der Waals surface area contributed by atoms with Gasteiger partial charge in [-0.15, -0.1) is 0 Å². The van der Waals surface area contributed by atoms with Gasteiger partial charge in [0, 0.05) is 43.1 Å². The SMILES string of the molecule is c1cncc(-c2noc(-c3cncnc3N3CCC[C@@H]3c3cccnc3)n2)c1. The molecule has 1 saturated heterocycles. The fourth-order valence-electron chi connectivity index (χ4n) is 3.59. The average Bonchev–Trinajstić information content (AvgIpc) is 3.45. The Labute approximate surface area is 161 Å². The second-order valence-electron chi connectivity index (χ2n) is 6.56. The summed E-state index contributed by atoms with van der Waals surface area (Å²) in [4.78, 5) is 23.9. The first-order chi connectivity index (χ1) is 13.9. The molecule has 0 spiro atoms. The molecule has 5 rings (SSSR count). The fraction of sp³-hybridized carbons (Fsp3) is 0.200. The molecule has 1 aliphatic rings. The van der Waals surface area contributed by atoms with Gasteiger partial charge in [-0.2, -0.15) is 4.98 Å². The first kappa shape index (κ1) is 16.5. The minimum absolute atomic E-state index is 0.211. The number of pyridine rings is 2. The molecular formula is C20H17N7O. The summed E-state index contributed by atoms with van der Waals surface area (Å²) in [5, 5.41) is 4.10. The van der Waals surface area contributed by atoms with Crippen LogP contribution in [0, 0.1) is 0 Å². The number of aromatic nitrogens is 6. The van der Waals surface area contributed by atoms with Crippen LogP contribution >= 0.6 is 0 Å². The predicted molar refractivity (Wildman–Crippen MR) is 102 cm³/mol. The number of rotatable bonds is 4. The Morgan fingerprint density at radius 2 is 1.89 bits per heavy atom. The molecule has 0 N–H and O–H groups in total. The zero-order valence-corrected chi connectivity index (χ0v) is 15.0. The van der Waals surface area contributed by atoms with E-state index in [1.54, 1.807) is 31.1 Å². The summed E-state index contributed by atoms with van der Waals surface area (Å²) >= 11 is 0. The second kappa shape index (κ2) is 7.15. The van der Waals surface area contributed by atoms with Crippen molar-refractivity contribution in [3.63, 3.8) is 0 Å². The molecule has 0 aromatic carbocycles. The van der Waals surface area contributed by atoms with Gasteiger partial charge in [-0.3, -0.25) is 9.97 Å². The lowest BCUT2D eigenvalue weighted by molar-refractivity contribution is 0.432. The minimum atomic E-state index is 0.211. The van der Waals surface area contributed by atoms with E-state index in [0.717, 1.165) is 36.3 Å². The molecule has 0 saturated carbocycles. The standard InChI is InChI=1S/C20H17N7O/c1-4-14(10-21-7-1)17-6-3-9-27(17)19-16(12-23-13-24-19)20-25-18(26-28-20)15-5-2-8-22-11-15/h1-2,4-5,7-8,10-13,17H,3,6,9H2/t17-/m1/s1. The zero-order valence-electron chi connectivity index (χ0n) is 15.0. The molecular weight excluding hydrogens is 354 g/mol. The molecule has 1 atom stereocenters. The molecule has 5 heterocycles. The van der Waals surface area contributed by atoms with Gasteiger partial charge in [-0.25, -0.2) is 9.97 Å². The molecule has 4 aromatic rings. The van der Waals surface area contributed by atoms with Gasteiger partial charge < -0.3 is 9.42 Å². The Morgan fingerprint density at radius 3 is 2.71 bits per heavy atom. The summed E-state index contributed by atoms with van der Waals surface area (Å²) in [5.74, 6) is 1.68. The first-order valence-electron chi connectivity index (χ1n) is 9.11. The van der Waals surface area contributed by atoms with Crippen LogP contribution in [0.15, 0.2) is 66.1 Å². The van der Waals surface area contributed by atoms with Crippen molar-refractivity contribution in [2.45, 2.75) is 18.9 Å². The van der Waals surface area contributed by atoms with E-state index >= 15 is 0 Å². The Morgan fingerprint density at radius 1 is 1.00 bits per heavy atom. The molecule has 8 heteroatoms. The van der Waals surface area contributed by atoms with Gasteiger partial charge in [0.25, 0.3) is 5.89 Å². The molecule has 0 radical (unpaired) electrons. The maximum atomic E-state index is 5.54. The van der Waals surface area contributed by atoms with E-state index in [-0.39, 0.29) is 6.04 Å². The van der Waals surface area contributed by atoms with E-state index in [4.69, 9.17) is 4.52 Å². The predicted octanol–water partition coefficient (Wildman–Crippen LogP) is 3.33. The van der Waals surface area contributed by atoms with E-state index in [0.29, 0.717) is 11.7 Å². The Hall–Kier alpha value is -3.68. The van der Waals surface area contributed by atoms with Crippen molar-refractivity contribution in [2.75, 3.05) is 11.4 Å². The number of hydrogen-bond acceptors (Lipinski definition) is 8. The van der Waals surface area contributed by atoms with E-state index in [1.807, 2.05) is 24.4 Å². The van der Waals surface area contributed by atoms with Crippen LogP contribution in [-0.2, 0) is 0 Å². The zero-order chi connectivity index (χ0) is 18.8. The highest BCUT2D eigenvalue weighted by Crippen LogP contribution is 2.39. The molecule has 0 aliphatic carbocycles. The fourth-order valence-corrected chi connectivity index (χ4v) is 3.59. The molecule has 0 bridgehead atoms. The van der Waals surface area contributed by atoms with E-state index < -0.39 is 0 Å². The molecule has 1 fully saturated rings. The highest BCUT2D eigenvalue weighted by molar-refractivity contribution is 5.71. The van der Waals surface area contributed by atoms with Gasteiger partial charge in [0.2, 0.25) is 5.82 Å². The summed E-state index contributed by atoms with van der Waals surface area (Å²) in [6.45, 7) is 0.896. The topological polar surface area (TPSA) is 93.7 Å². The van der Waals surface area contributed by atoms with Crippen molar-refractivity contribution < 1.29 is 4.52 Å². The summed E-state index contributed by atoms with van der Waals surface area (Å²) in [7, 11) is 0. The Bertz CT molecular complexity index is 1070. The quantitative estimate of drug-likeness (QED) is 0.539. The number of hydrogen-bond donors (Lipinski definition) is 0. The molecule has 8 nitrogen and oxygen atoms in total. The molecule has 1 aliphatic heterocycles. The third-order valence-electron chi connectivity index (χ3n) is 4.86. The maximum Gasteiger partial charge on any atom is 0.263 e. The molecule has 4 aromatic heterocycles. The number of nitrogens with zero attached hydrogens (tertiary/aromatic N) is 7. The summed E-state index contributed by atoms with van der Waals surface area (Å²) < 4.78 is 5.54. The third-order valence-corrected chi connectivity index (χ3v) is 4.86. The van der Waals surface area contributed by atoms with Gasteiger partial charge in [-0.05, 0) is 36.6 Å². The van der Waals surface area contributed by atoms with Crippen molar-refractivity contribution in [2.24, 2.45) is 0 Å². The van der Waals surface area contributed by atoms with Crippen molar-refractivity contribution in [1.82, 2.24) is 30.1 Å². The van der Waals surface area contributed by atoms with Crippen molar-refractivity contribution in [1.29, 1.82) is 0 Å². The minimum Gasteiger partial charge on any atom is -0.349 e. The summed E-state index contributed by atoms with van der Waals surface area (Å²) in [5.41, 5.74) is 2.69. The average molecular weight is 371 g/mol. The van der Waals surface area contributed by atoms with Crippen LogP contribution in [0.2, 0.25) is 0 Å². The monoisotopic (exact) mass is 371 g/mol. The Balaban J connectivity index is 1.52. The lowest BCUT2D eigenvalue weighted by Gasteiger charge is -2.26. The second-order valence-corrected chi connectivity index (χ2v) is 6.56. The normalized spacial score (nSPS) is 16.4. The highest BCUT2D eigenvalue weighted by Gasteiger charge is 2.30. The molecule has 0 unspecified atom stereocenters. The third kappa shape index (κ3) is 2.98. The molecule has 138 valence electrons. The van der Waals surface area contributed by atoms with Crippen LogP contribution in [0.3, 0.4) is 0 Å². The highest BCUT2D eigenvalue weighted by atomic mass is 16.5. The van der Waals surface area contributed by atoms with Crippen molar-refractivity contribution in [3.05, 3.63) is 67.1 Å². The lowest BCUT2D eigenvalue weighted by atomic mass is 10.1. The Kier molecular flexibility index (Phi) is 4.21. The van der Waals surface area contributed by atoms with Crippen LogP contribution in [0.25, 0.3) is 22.8 Å². The first-order valence-corrected chi connectivity index (χ1v) is 9.11. The van der Waals surface area contributed by atoms with Gasteiger partial charge in [0.15, 0.2) is 0 Å². The van der Waals surface area contributed by atoms with Crippen LogP contribution in [-0.4, -0.2) is 36.6 Å². The van der Waals surface area contributed by atoms with E-state index in [2.05, 4.69) is 41.0 Å². The largest absolute Gasteiger partial charge is 0.349 e. The smallest absolute Gasteiger partial charge is 0.263 e. The lowest BCUT2D eigenvalue weighted by Crippen LogP contribution is -2.24. The van der Waals surface area contributed by atoms with Gasteiger partial charge >= 0.3 is 0 Å². The van der Waals surface area contributed by atoms with Crippen LogP contribution in [0.1, 0.15) is 24.4 Å². The van der Waals surface area contributed by atoms with Gasteiger partial charge in [0.1, 0.15) is 17.7 Å².